The first-order valence-electron chi connectivity index (χ1n) is 5.62. The summed E-state index contributed by atoms with van der Waals surface area (Å²) in [4.78, 5) is 22.8. The van der Waals surface area contributed by atoms with Crippen molar-refractivity contribution in [3.8, 4) is 0 Å². The van der Waals surface area contributed by atoms with E-state index in [0.717, 1.165) is 25.7 Å². The number of hydrogen-bond donors (Lipinski definition) is 1. The number of carbonyl (C=O) groups is 2. The minimum absolute atomic E-state index is 0.0119. The zero-order valence-corrected chi connectivity index (χ0v) is 9.41. The summed E-state index contributed by atoms with van der Waals surface area (Å²) in [6.07, 6.45) is 3.81. The Labute approximate surface area is 90.4 Å². The van der Waals surface area contributed by atoms with Crippen LogP contribution in [0.25, 0.3) is 0 Å². The van der Waals surface area contributed by atoms with Gasteiger partial charge < -0.3 is 10.1 Å². The molecule has 1 saturated carbocycles. The lowest BCUT2D eigenvalue weighted by Gasteiger charge is -2.25. The summed E-state index contributed by atoms with van der Waals surface area (Å²) < 4.78 is 4.93. The highest BCUT2D eigenvalue weighted by Crippen LogP contribution is 2.26. The van der Waals surface area contributed by atoms with Gasteiger partial charge in [-0.1, -0.05) is 13.3 Å². The summed E-state index contributed by atoms with van der Waals surface area (Å²) >= 11 is 0. The highest BCUT2D eigenvalue weighted by Gasteiger charge is 2.27. The number of ether oxygens (including phenoxy) is 1. The molecular formula is C11H19NO3. The molecule has 4 nitrogen and oxygen atoms in total. The molecule has 0 spiro atoms. The van der Waals surface area contributed by atoms with Gasteiger partial charge in [0.25, 0.3) is 0 Å². The first kappa shape index (κ1) is 12.0. The van der Waals surface area contributed by atoms with E-state index in [0.29, 0.717) is 6.61 Å². The average molecular weight is 213 g/mol. The molecule has 1 aliphatic carbocycles. The minimum atomic E-state index is -0.523. The van der Waals surface area contributed by atoms with Gasteiger partial charge in [-0.2, -0.15) is 0 Å². The first-order valence-corrected chi connectivity index (χ1v) is 5.62. The number of hydrogen-bond acceptors (Lipinski definition) is 3. The Morgan fingerprint density at radius 1 is 1.47 bits per heavy atom. The van der Waals surface area contributed by atoms with Crippen molar-refractivity contribution < 1.29 is 14.3 Å². The molecular weight excluding hydrogens is 194 g/mol. The topological polar surface area (TPSA) is 55.4 Å². The summed E-state index contributed by atoms with van der Waals surface area (Å²) in [6, 6.07) is -0.523. The van der Waals surface area contributed by atoms with E-state index in [4.69, 9.17) is 4.74 Å². The Kier molecular flexibility index (Phi) is 4.59. The molecule has 1 unspecified atom stereocenters. The van der Waals surface area contributed by atoms with Crippen molar-refractivity contribution in [1.29, 1.82) is 0 Å². The fourth-order valence-corrected chi connectivity index (χ4v) is 1.39. The number of carbonyl (C=O) groups excluding carboxylic acids is 2. The third kappa shape index (κ3) is 3.53. The largest absolute Gasteiger partial charge is 0.464 e. The van der Waals surface area contributed by atoms with Crippen LogP contribution in [-0.4, -0.2) is 24.5 Å². The van der Waals surface area contributed by atoms with E-state index in [1.807, 2.05) is 6.92 Å². The van der Waals surface area contributed by atoms with Crippen molar-refractivity contribution in [3.63, 3.8) is 0 Å². The zero-order valence-electron chi connectivity index (χ0n) is 9.41. The second-order valence-electron chi connectivity index (χ2n) is 4.03. The Balaban J connectivity index is 2.24. The Morgan fingerprint density at radius 3 is 2.60 bits per heavy atom. The fourth-order valence-electron chi connectivity index (χ4n) is 1.39. The van der Waals surface area contributed by atoms with Gasteiger partial charge in [-0.3, -0.25) is 4.79 Å². The van der Waals surface area contributed by atoms with Crippen LogP contribution in [0.15, 0.2) is 0 Å². The molecule has 0 aromatic carbocycles. The van der Waals surface area contributed by atoms with E-state index in [1.165, 1.54) is 0 Å². The molecule has 0 saturated heterocycles. The molecule has 0 aromatic heterocycles. The van der Waals surface area contributed by atoms with E-state index >= 15 is 0 Å². The monoisotopic (exact) mass is 213 g/mol. The second kappa shape index (κ2) is 5.73. The molecule has 15 heavy (non-hydrogen) atoms. The predicted octanol–water partition coefficient (Wildman–Crippen LogP) is 1.24. The van der Waals surface area contributed by atoms with Crippen molar-refractivity contribution in [2.45, 2.75) is 45.6 Å². The zero-order chi connectivity index (χ0) is 11.3. The second-order valence-corrected chi connectivity index (χ2v) is 4.03. The van der Waals surface area contributed by atoms with E-state index in [1.54, 1.807) is 6.92 Å². The van der Waals surface area contributed by atoms with Gasteiger partial charge >= 0.3 is 5.97 Å². The third-order valence-corrected chi connectivity index (χ3v) is 2.64. The highest BCUT2D eigenvalue weighted by molar-refractivity contribution is 5.85. The molecule has 1 fully saturated rings. The maximum absolute atomic E-state index is 11.5. The molecule has 1 aliphatic rings. The molecule has 1 N–H and O–H groups in total. The summed E-state index contributed by atoms with van der Waals surface area (Å²) in [6.45, 7) is 4.02. The Morgan fingerprint density at radius 2 is 2.13 bits per heavy atom. The van der Waals surface area contributed by atoms with Crippen molar-refractivity contribution in [2.24, 2.45) is 5.92 Å². The summed E-state index contributed by atoms with van der Waals surface area (Å²) in [5.41, 5.74) is 0. The Hall–Kier alpha value is -1.06. The van der Waals surface area contributed by atoms with Gasteiger partial charge in [0.05, 0.1) is 6.61 Å². The van der Waals surface area contributed by atoms with Gasteiger partial charge in [0.2, 0.25) is 5.91 Å². The molecule has 0 aromatic rings. The first-order chi connectivity index (χ1) is 7.15. The van der Waals surface area contributed by atoms with Crippen LogP contribution < -0.4 is 5.32 Å². The molecule has 1 amide bonds. The lowest BCUT2D eigenvalue weighted by Crippen LogP contribution is -2.44. The SMILES string of the molecule is CCCOC(=O)C(C)NC(=O)C1CCC1. The van der Waals surface area contributed by atoms with Gasteiger partial charge in [-0.15, -0.1) is 0 Å². The fraction of sp³-hybridized carbons (Fsp3) is 0.818. The number of nitrogens with one attached hydrogen (secondary N) is 1. The standard InChI is InChI=1S/C11H19NO3/c1-3-7-15-11(14)8(2)12-10(13)9-5-4-6-9/h8-9H,3-7H2,1-2H3,(H,12,13). The number of rotatable bonds is 5. The van der Waals surface area contributed by atoms with Gasteiger partial charge in [-0.05, 0) is 26.2 Å². The Bertz CT molecular complexity index is 236. The van der Waals surface area contributed by atoms with Crippen LogP contribution >= 0.6 is 0 Å². The quantitative estimate of drug-likeness (QED) is 0.699. The molecule has 0 radical (unpaired) electrons. The maximum Gasteiger partial charge on any atom is 0.328 e. The van der Waals surface area contributed by atoms with Crippen molar-refractivity contribution in [1.82, 2.24) is 5.32 Å². The molecule has 1 rings (SSSR count). The number of amides is 1. The highest BCUT2D eigenvalue weighted by atomic mass is 16.5. The van der Waals surface area contributed by atoms with Crippen LogP contribution in [0, 0.1) is 5.92 Å². The lowest BCUT2D eigenvalue weighted by atomic mass is 9.84. The van der Waals surface area contributed by atoms with E-state index in [-0.39, 0.29) is 17.8 Å². The van der Waals surface area contributed by atoms with Gasteiger partial charge in [0.1, 0.15) is 6.04 Å². The van der Waals surface area contributed by atoms with Crippen molar-refractivity contribution >= 4 is 11.9 Å². The lowest BCUT2D eigenvalue weighted by molar-refractivity contribution is -0.148. The van der Waals surface area contributed by atoms with Gasteiger partial charge in [-0.25, -0.2) is 4.79 Å². The maximum atomic E-state index is 11.5. The summed E-state index contributed by atoms with van der Waals surface area (Å²) in [5.74, 6) is -0.238. The third-order valence-electron chi connectivity index (χ3n) is 2.64. The molecule has 1 atom stereocenters. The van der Waals surface area contributed by atoms with Crippen LogP contribution in [0.3, 0.4) is 0 Å². The number of esters is 1. The molecule has 0 aliphatic heterocycles. The molecule has 0 heterocycles. The normalized spacial score (nSPS) is 17.7. The van der Waals surface area contributed by atoms with Crippen LogP contribution in [0.1, 0.15) is 39.5 Å². The van der Waals surface area contributed by atoms with Crippen LogP contribution in [0.4, 0.5) is 0 Å². The predicted molar refractivity (Wildman–Crippen MR) is 56.2 cm³/mol. The smallest absolute Gasteiger partial charge is 0.328 e. The van der Waals surface area contributed by atoms with Crippen molar-refractivity contribution in [3.05, 3.63) is 0 Å². The summed E-state index contributed by atoms with van der Waals surface area (Å²) in [5, 5.41) is 2.68. The average Bonchev–Trinajstić information content (AvgIpc) is 2.10. The minimum Gasteiger partial charge on any atom is -0.464 e. The van der Waals surface area contributed by atoms with E-state index < -0.39 is 6.04 Å². The van der Waals surface area contributed by atoms with Crippen LogP contribution in [0.2, 0.25) is 0 Å². The van der Waals surface area contributed by atoms with Crippen LogP contribution in [-0.2, 0) is 14.3 Å². The van der Waals surface area contributed by atoms with Crippen molar-refractivity contribution in [2.75, 3.05) is 6.61 Å². The summed E-state index contributed by atoms with van der Waals surface area (Å²) in [7, 11) is 0. The molecule has 86 valence electrons. The molecule has 0 bridgehead atoms. The van der Waals surface area contributed by atoms with Gasteiger partial charge in [0, 0.05) is 5.92 Å². The van der Waals surface area contributed by atoms with E-state index in [2.05, 4.69) is 5.32 Å². The van der Waals surface area contributed by atoms with Crippen LogP contribution in [0.5, 0.6) is 0 Å². The van der Waals surface area contributed by atoms with Gasteiger partial charge in [0.15, 0.2) is 0 Å². The van der Waals surface area contributed by atoms with E-state index in [9.17, 15) is 9.59 Å². The molecule has 4 heteroatoms.